The Hall–Kier alpha value is -2.63. The van der Waals surface area contributed by atoms with Gasteiger partial charge in [-0.05, 0) is 96.3 Å². The van der Waals surface area contributed by atoms with Crippen LogP contribution in [0.1, 0.15) is 316 Å². The van der Waals surface area contributed by atoms with Gasteiger partial charge in [-0.3, -0.25) is 14.4 Å². The molecule has 0 heterocycles. The van der Waals surface area contributed by atoms with Crippen LogP contribution in [0.5, 0.6) is 0 Å². The molecule has 1 unspecified atom stereocenters. The number of rotatable bonds is 55. The van der Waals surface area contributed by atoms with Crippen molar-refractivity contribution in [1.82, 2.24) is 0 Å². The third-order valence-electron chi connectivity index (χ3n) is 13.3. The highest BCUT2D eigenvalue weighted by atomic mass is 16.6. The maximum atomic E-state index is 12.8. The first-order valence-electron chi connectivity index (χ1n) is 30.1. The number of allylic oxidation sites excluding steroid dienone is 8. The zero-order chi connectivity index (χ0) is 50.0. The molecule has 0 aliphatic heterocycles. The molecule has 0 saturated carbocycles. The zero-order valence-corrected chi connectivity index (χ0v) is 46.1. The van der Waals surface area contributed by atoms with E-state index in [1.165, 1.54) is 180 Å². The highest BCUT2D eigenvalue weighted by Crippen LogP contribution is 2.16. The average molecular weight is 968 g/mol. The predicted octanol–water partition coefficient (Wildman–Crippen LogP) is 20.2. The van der Waals surface area contributed by atoms with Crippen molar-refractivity contribution in [2.75, 3.05) is 13.2 Å². The highest BCUT2D eigenvalue weighted by molar-refractivity contribution is 5.71. The van der Waals surface area contributed by atoms with Crippen LogP contribution in [0.2, 0.25) is 0 Å². The topological polar surface area (TPSA) is 78.9 Å². The van der Waals surface area contributed by atoms with Crippen molar-refractivity contribution in [1.29, 1.82) is 0 Å². The van der Waals surface area contributed by atoms with Gasteiger partial charge in [0.05, 0.1) is 0 Å². The number of ether oxygens (including phenoxy) is 3. The quantitative estimate of drug-likeness (QED) is 0.0262. The fourth-order valence-electron chi connectivity index (χ4n) is 8.71. The van der Waals surface area contributed by atoms with E-state index in [0.29, 0.717) is 19.3 Å². The standard InChI is InChI=1S/C63H114O6/c1-4-7-10-13-16-19-22-25-27-28-29-30-31-32-33-34-36-38-41-44-47-50-53-56-62(65)68-59-60(58-67-61(64)55-52-49-46-43-40-37-24-21-18-15-12-9-6-3)69-63(66)57-54-51-48-45-42-39-35-26-23-20-17-14-11-8-5-2/h12,15,21,24,26,28-29,35,60H,4-11,13-14,16-20,22-23,25,27,30-34,36-59H2,1-3H3/b15-12-,24-21-,29-28-,35-26-. The van der Waals surface area contributed by atoms with Crippen LogP contribution in [0.3, 0.4) is 0 Å². The van der Waals surface area contributed by atoms with Gasteiger partial charge < -0.3 is 14.2 Å². The van der Waals surface area contributed by atoms with E-state index in [1.54, 1.807) is 0 Å². The van der Waals surface area contributed by atoms with Gasteiger partial charge in [0, 0.05) is 19.3 Å². The molecule has 402 valence electrons. The summed E-state index contributed by atoms with van der Waals surface area (Å²) in [6.07, 6.45) is 71.1. The Morgan fingerprint density at radius 2 is 0.551 bits per heavy atom. The Kier molecular flexibility index (Phi) is 55.7. The summed E-state index contributed by atoms with van der Waals surface area (Å²) in [6.45, 7) is 6.58. The SMILES string of the molecule is CCC/C=C\C/C=C\CCCCCCCC(=O)OCC(COC(=O)CCCCCCCCCCCCC/C=C\CCCCCCCCCC)OC(=O)CCCCCCC/C=C\CCCCCCCC. The van der Waals surface area contributed by atoms with Crippen LogP contribution in [0.15, 0.2) is 48.6 Å². The third-order valence-corrected chi connectivity index (χ3v) is 13.3. The number of carbonyl (C=O) groups excluding carboxylic acids is 3. The van der Waals surface area contributed by atoms with E-state index < -0.39 is 6.10 Å². The molecule has 0 aliphatic carbocycles. The molecule has 0 aliphatic rings. The molecule has 0 aromatic rings. The minimum atomic E-state index is -0.782. The minimum absolute atomic E-state index is 0.0796. The average Bonchev–Trinajstić information content (AvgIpc) is 3.35. The normalized spacial score (nSPS) is 12.3. The highest BCUT2D eigenvalue weighted by Gasteiger charge is 2.19. The van der Waals surface area contributed by atoms with Crippen LogP contribution in [-0.4, -0.2) is 37.2 Å². The molecule has 0 saturated heterocycles. The van der Waals surface area contributed by atoms with Gasteiger partial charge in [0.15, 0.2) is 6.10 Å². The van der Waals surface area contributed by atoms with Crippen LogP contribution < -0.4 is 0 Å². The first-order chi connectivity index (χ1) is 34.0. The van der Waals surface area contributed by atoms with Gasteiger partial charge in [0.1, 0.15) is 13.2 Å². The smallest absolute Gasteiger partial charge is 0.306 e. The molecule has 0 amide bonds. The molecule has 0 radical (unpaired) electrons. The lowest BCUT2D eigenvalue weighted by Gasteiger charge is -2.18. The van der Waals surface area contributed by atoms with Crippen LogP contribution in [0.4, 0.5) is 0 Å². The second-order valence-corrected chi connectivity index (χ2v) is 20.2. The van der Waals surface area contributed by atoms with E-state index >= 15 is 0 Å². The first-order valence-corrected chi connectivity index (χ1v) is 30.1. The number of carbonyl (C=O) groups is 3. The van der Waals surface area contributed by atoms with Crippen LogP contribution in [0.25, 0.3) is 0 Å². The fourth-order valence-corrected chi connectivity index (χ4v) is 8.71. The Bertz CT molecular complexity index is 1200. The fraction of sp³-hybridized carbons (Fsp3) is 0.825. The molecular weight excluding hydrogens is 853 g/mol. The van der Waals surface area contributed by atoms with Crippen molar-refractivity contribution >= 4 is 17.9 Å². The maximum Gasteiger partial charge on any atom is 0.306 e. The van der Waals surface area contributed by atoms with Crippen molar-refractivity contribution in [3.05, 3.63) is 48.6 Å². The lowest BCUT2D eigenvalue weighted by Crippen LogP contribution is -2.30. The summed E-state index contributed by atoms with van der Waals surface area (Å²) in [4.78, 5) is 38.2. The summed E-state index contributed by atoms with van der Waals surface area (Å²) < 4.78 is 16.9. The molecule has 0 rings (SSSR count). The molecule has 1 atom stereocenters. The summed E-state index contributed by atoms with van der Waals surface area (Å²) in [5.74, 6) is -0.890. The lowest BCUT2D eigenvalue weighted by molar-refractivity contribution is -0.167. The van der Waals surface area contributed by atoms with Crippen molar-refractivity contribution in [3.63, 3.8) is 0 Å². The Morgan fingerprint density at radius 1 is 0.290 bits per heavy atom. The van der Waals surface area contributed by atoms with Crippen molar-refractivity contribution in [3.8, 4) is 0 Å². The maximum absolute atomic E-state index is 12.8. The number of hydrogen-bond donors (Lipinski definition) is 0. The molecule has 0 aromatic carbocycles. The Morgan fingerprint density at radius 3 is 0.870 bits per heavy atom. The second kappa shape index (κ2) is 57.9. The molecule has 6 heteroatoms. The largest absolute Gasteiger partial charge is 0.462 e. The van der Waals surface area contributed by atoms with Gasteiger partial charge in [-0.2, -0.15) is 0 Å². The molecule has 0 N–H and O–H groups in total. The molecule has 69 heavy (non-hydrogen) atoms. The van der Waals surface area contributed by atoms with Gasteiger partial charge in [-0.25, -0.2) is 0 Å². The predicted molar refractivity (Wildman–Crippen MR) is 298 cm³/mol. The van der Waals surface area contributed by atoms with Gasteiger partial charge in [0.25, 0.3) is 0 Å². The summed E-state index contributed by atoms with van der Waals surface area (Å²) in [5, 5.41) is 0. The second-order valence-electron chi connectivity index (χ2n) is 20.2. The molecule has 0 aromatic heterocycles. The number of unbranched alkanes of at least 4 members (excludes halogenated alkanes) is 36. The zero-order valence-electron chi connectivity index (χ0n) is 46.1. The molecule has 0 fully saturated rings. The van der Waals surface area contributed by atoms with E-state index in [4.69, 9.17) is 14.2 Å². The van der Waals surface area contributed by atoms with Crippen molar-refractivity contribution in [2.45, 2.75) is 322 Å². The summed E-state index contributed by atoms with van der Waals surface area (Å²) >= 11 is 0. The first kappa shape index (κ1) is 66.4. The van der Waals surface area contributed by atoms with Crippen LogP contribution in [-0.2, 0) is 28.6 Å². The molecular formula is C63H114O6. The van der Waals surface area contributed by atoms with Crippen molar-refractivity contribution < 1.29 is 28.6 Å². The lowest BCUT2D eigenvalue weighted by atomic mass is 10.0. The van der Waals surface area contributed by atoms with Gasteiger partial charge in [0.2, 0.25) is 0 Å². The monoisotopic (exact) mass is 967 g/mol. The third kappa shape index (κ3) is 56.2. The summed E-state index contributed by atoms with van der Waals surface area (Å²) in [6, 6.07) is 0. The summed E-state index contributed by atoms with van der Waals surface area (Å²) in [5.41, 5.74) is 0. The van der Waals surface area contributed by atoms with E-state index in [1.807, 2.05) is 0 Å². The summed E-state index contributed by atoms with van der Waals surface area (Å²) in [7, 11) is 0. The number of esters is 3. The molecule has 0 bridgehead atoms. The van der Waals surface area contributed by atoms with Gasteiger partial charge >= 0.3 is 17.9 Å². The van der Waals surface area contributed by atoms with Crippen LogP contribution in [0, 0.1) is 0 Å². The number of hydrogen-bond acceptors (Lipinski definition) is 6. The van der Waals surface area contributed by atoms with Crippen molar-refractivity contribution in [2.24, 2.45) is 0 Å². The Balaban J connectivity index is 4.29. The van der Waals surface area contributed by atoms with E-state index in [2.05, 4.69) is 69.4 Å². The molecule has 0 spiro atoms. The minimum Gasteiger partial charge on any atom is -0.462 e. The van der Waals surface area contributed by atoms with E-state index in [9.17, 15) is 14.4 Å². The van der Waals surface area contributed by atoms with Gasteiger partial charge in [-0.1, -0.05) is 249 Å². The molecule has 6 nitrogen and oxygen atoms in total. The van der Waals surface area contributed by atoms with Gasteiger partial charge in [-0.15, -0.1) is 0 Å². The van der Waals surface area contributed by atoms with Crippen LogP contribution >= 0.6 is 0 Å². The van der Waals surface area contributed by atoms with E-state index in [0.717, 1.165) is 96.3 Å². The Labute approximate surface area is 428 Å². The van der Waals surface area contributed by atoms with E-state index in [-0.39, 0.29) is 31.1 Å².